The SMILES string of the molecule is COC(=O)C(=Cc1ccc(OCCOC(=O)Cl)cc1)C(=O)OC. The summed E-state index contributed by atoms with van der Waals surface area (Å²) in [6.45, 7) is 0.169. The minimum absolute atomic E-state index is 0.0266. The van der Waals surface area contributed by atoms with Crippen molar-refractivity contribution in [2.45, 2.75) is 0 Å². The number of carbonyl (C=O) groups is 3. The standard InChI is InChI=1S/C15H15ClO7/c1-20-13(17)12(14(18)21-2)9-10-3-5-11(6-4-10)22-7-8-23-15(16)19/h3-6,9H,7-8H2,1-2H3. The lowest BCUT2D eigenvalue weighted by Gasteiger charge is -2.06. The molecule has 0 bridgehead atoms. The number of rotatable bonds is 7. The van der Waals surface area contributed by atoms with E-state index in [1.54, 1.807) is 24.3 Å². The first kappa shape index (κ1) is 18.5. The van der Waals surface area contributed by atoms with Gasteiger partial charge in [-0.05, 0) is 23.8 Å². The van der Waals surface area contributed by atoms with Gasteiger partial charge in [-0.1, -0.05) is 12.1 Å². The van der Waals surface area contributed by atoms with Crippen LogP contribution in [0.4, 0.5) is 4.79 Å². The van der Waals surface area contributed by atoms with Gasteiger partial charge in [-0.25, -0.2) is 14.4 Å². The van der Waals surface area contributed by atoms with Gasteiger partial charge in [0.2, 0.25) is 0 Å². The number of ether oxygens (including phenoxy) is 4. The highest BCUT2D eigenvalue weighted by Crippen LogP contribution is 2.15. The van der Waals surface area contributed by atoms with E-state index in [4.69, 9.17) is 16.3 Å². The lowest BCUT2D eigenvalue weighted by atomic mass is 10.1. The van der Waals surface area contributed by atoms with Crippen LogP contribution in [0.3, 0.4) is 0 Å². The van der Waals surface area contributed by atoms with Crippen LogP contribution in [-0.2, 0) is 23.8 Å². The van der Waals surface area contributed by atoms with Crippen molar-refractivity contribution in [1.29, 1.82) is 0 Å². The molecule has 0 atom stereocenters. The molecule has 0 heterocycles. The summed E-state index contributed by atoms with van der Waals surface area (Å²) in [5.74, 6) is -1.06. The van der Waals surface area contributed by atoms with Gasteiger partial charge in [0.1, 0.15) is 24.5 Å². The van der Waals surface area contributed by atoms with Gasteiger partial charge in [-0.15, -0.1) is 0 Å². The molecule has 0 fully saturated rings. The second-order valence-electron chi connectivity index (χ2n) is 4.04. The third kappa shape index (κ3) is 6.39. The number of esters is 2. The molecule has 7 nitrogen and oxygen atoms in total. The van der Waals surface area contributed by atoms with Crippen molar-refractivity contribution < 1.29 is 33.3 Å². The van der Waals surface area contributed by atoms with Crippen LogP contribution in [0.15, 0.2) is 29.8 Å². The van der Waals surface area contributed by atoms with Gasteiger partial charge in [-0.2, -0.15) is 0 Å². The third-order valence-corrected chi connectivity index (χ3v) is 2.68. The zero-order valence-electron chi connectivity index (χ0n) is 12.5. The molecule has 0 saturated carbocycles. The number of methoxy groups -OCH3 is 2. The van der Waals surface area contributed by atoms with Gasteiger partial charge in [0, 0.05) is 11.6 Å². The van der Waals surface area contributed by atoms with Crippen LogP contribution < -0.4 is 4.74 Å². The lowest BCUT2D eigenvalue weighted by Crippen LogP contribution is -2.15. The van der Waals surface area contributed by atoms with Gasteiger partial charge >= 0.3 is 17.4 Å². The van der Waals surface area contributed by atoms with E-state index in [1.807, 2.05) is 0 Å². The quantitative estimate of drug-likeness (QED) is 0.143. The molecule has 0 aromatic heterocycles. The van der Waals surface area contributed by atoms with E-state index in [1.165, 1.54) is 20.3 Å². The summed E-state index contributed by atoms with van der Waals surface area (Å²) in [4.78, 5) is 33.5. The summed E-state index contributed by atoms with van der Waals surface area (Å²) in [6, 6.07) is 6.52. The fraction of sp³-hybridized carbons (Fsp3) is 0.267. The molecule has 0 aliphatic carbocycles. The highest BCUT2D eigenvalue weighted by Gasteiger charge is 2.19. The molecule has 1 rings (SSSR count). The van der Waals surface area contributed by atoms with Crippen LogP contribution in [0.25, 0.3) is 6.08 Å². The molecular formula is C15H15ClO7. The molecule has 0 spiro atoms. The molecule has 8 heteroatoms. The average Bonchev–Trinajstić information content (AvgIpc) is 2.56. The van der Waals surface area contributed by atoms with E-state index >= 15 is 0 Å². The Morgan fingerprint density at radius 1 is 1.00 bits per heavy atom. The number of benzene rings is 1. The Hall–Kier alpha value is -2.54. The van der Waals surface area contributed by atoms with E-state index in [-0.39, 0.29) is 18.8 Å². The van der Waals surface area contributed by atoms with Crippen molar-refractivity contribution in [3.05, 3.63) is 35.4 Å². The average molecular weight is 343 g/mol. The second-order valence-corrected chi connectivity index (χ2v) is 4.35. The summed E-state index contributed by atoms with van der Waals surface area (Å²) in [7, 11) is 2.34. The minimum Gasteiger partial charge on any atom is -0.490 e. The highest BCUT2D eigenvalue weighted by atomic mass is 35.5. The Morgan fingerprint density at radius 3 is 2.04 bits per heavy atom. The first-order valence-corrected chi connectivity index (χ1v) is 6.79. The highest BCUT2D eigenvalue weighted by molar-refractivity contribution is 6.61. The van der Waals surface area contributed by atoms with Crippen LogP contribution in [0.5, 0.6) is 5.75 Å². The van der Waals surface area contributed by atoms with Crippen molar-refractivity contribution >= 4 is 35.0 Å². The molecule has 0 aliphatic heterocycles. The van der Waals surface area contributed by atoms with Crippen molar-refractivity contribution in [1.82, 2.24) is 0 Å². The Kier molecular flexibility index (Phi) is 7.62. The second kappa shape index (κ2) is 9.47. The zero-order chi connectivity index (χ0) is 17.2. The Morgan fingerprint density at radius 2 is 1.57 bits per heavy atom. The molecule has 1 aromatic rings. The molecule has 124 valence electrons. The van der Waals surface area contributed by atoms with Crippen LogP contribution in [-0.4, -0.2) is 44.8 Å². The van der Waals surface area contributed by atoms with Crippen LogP contribution in [0.2, 0.25) is 0 Å². The predicted molar refractivity (Wildman–Crippen MR) is 81.1 cm³/mol. The van der Waals surface area contributed by atoms with Gasteiger partial charge < -0.3 is 18.9 Å². The van der Waals surface area contributed by atoms with Crippen LogP contribution in [0, 0.1) is 0 Å². The van der Waals surface area contributed by atoms with Crippen molar-refractivity contribution in [2.24, 2.45) is 0 Å². The Bertz CT molecular complexity index is 574. The maximum absolute atomic E-state index is 11.5. The smallest absolute Gasteiger partial charge is 0.403 e. The van der Waals surface area contributed by atoms with E-state index in [2.05, 4.69) is 14.2 Å². The zero-order valence-corrected chi connectivity index (χ0v) is 13.3. The molecule has 0 radical (unpaired) electrons. The third-order valence-electron chi connectivity index (χ3n) is 2.57. The Labute approximate surface area is 137 Å². The molecule has 1 aromatic carbocycles. The lowest BCUT2D eigenvalue weighted by molar-refractivity contribution is -0.143. The fourth-order valence-corrected chi connectivity index (χ4v) is 1.61. The number of halogens is 1. The Balaban J connectivity index is 2.74. The van der Waals surface area contributed by atoms with Crippen LogP contribution >= 0.6 is 11.6 Å². The summed E-state index contributed by atoms with van der Waals surface area (Å²) >= 11 is 5.01. The summed E-state index contributed by atoms with van der Waals surface area (Å²) < 4.78 is 18.9. The van der Waals surface area contributed by atoms with E-state index in [0.29, 0.717) is 11.3 Å². The number of carbonyl (C=O) groups excluding carboxylic acids is 3. The molecule has 0 N–H and O–H groups in total. The van der Waals surface area contributed by atoms with E-state index < -0.39 is 17.4 Å². The fourth-order valence-electron chi connectivity index (χ4n) is 1.53. The predicted octanol–water partition coefficient (Wildman–Crippen LogP) is 2.17. The maximum Gasteiger partial charge on any atom is 0.403 e. The molecule has 0 amide bonds. The van der Waals surface area contributed by atoms with Crippen molar-refractivity contribution in [3.8, 4) is 5.75 Å². The maximum atomic E-state index is 11.5. The monoisotopic (exact) mass is 342 g/mol. The largest absolute Gasteiger partial charge is 0.490 e. The number of hydrogen-bond donors (Lipinski definition) is 0. The number of hydrogen-bond acceptors (Lipinski definition) is 7. The minimum atomic E-state index is -0.896. The summed E-state index contributed by atoms with van der Waals surface area (Å²) in [5.41, 5.74) is -0.541. The van der Waals surface area contributed by atoms with Crippen molar-refractivity contribution in [3.63, 3.8) is 0 Å². The first-order valence-electron chi connectivity index (χ1n) is 6.41. The molecule has 23 heavy (non-hydrogen) atoms. The van der Waals surface area contributed by atoms with Gasteiger partial charge in [0.15, 0.2) is 0 Å². The molecule has 0 unspecified atom stereocenters. The van der Waals surface area contributed by atoms with Gasteiger partial charge in [0.05, 0.1) is 14.2 Å². The van der Waals surface area contributed by atoms with Crippen molar-refractivity contribution in [2.75, 3.05) is 27.4 Å². The first-order chi connectivity index (χ1) is 11.0. The molecule has 0 saturated heterocycles. The van der Waals surface area contributed by atoms with E-state index in [9.17, 15) is 14.4 Å². The van der Waals surface area contributed by atoms with Gasteiger partial charge in [-0.3, -0.25) is 0 Å². The topological polar surface area (TPSA) is 88.1 Å². The van der Waals surface area contributed by atoms with Gasteiger partial charge in [0.25, 0.3) is 0 Å². The molecule has 0 aliphatic rings. The van der Waals surface area contributed by atoms with E-state index in [0.717, 1.165) is 0 Å². The normalized spacial score (nSPS) is 9.52. The van der Waals surface area contributed by atoms with Crippen LogP contribution in [0.1, 0.15) is 5.56 Å². The molecular weight excluding hydrogens is 328 g/mol. The summed E-state index contributed by atoms with van der Waals surface area (Å²) in [6.07, 6.45) is 1.34. The summed E-state index contributed by atoms with van der Waals surface area (Å²) in [5, 5.41) is 0.